The normalized spacial score (nSPS) is 10.3. The van der Waals surface area contributed by atoms with E-state index in [0.29, 0.717) is 11.3 Å². The lowest BCUT2D eigenvalue weighted by Gasteiger charge is -2.10. The highest BCUT2D eigenvalue weighted by atomic mass is 16.6. The highest BCUT2D eigenvalue weighted by molar-refractivity contribution is 6.05. The third-order valence-electron chi connectivity index (χ3n) is 3.04. The molecule has 0 aliphatic heterocycles. The summed E-state index contributed by atoms with van der Waals surface area (Å²) in [4.78, 5) is 34.1. The molecule has 0 fully saturated rings. The van der Waals surface area contributed by atoms with Crippen LogP contribution in [0.25, 0.3) is 0 Å². The van der Waals surface area contributed by atoms with Gasteiger partial charge in [-0.25, -0.2) is 4.79 Å². The van der Waals surface area contributed by atoms with Crippen molar-refractivity contribution >= 4 is 23.3 Å². The Kier molecular flexibility index (Phi) is 5.26. The van der Waals surface area contributed by atoms with Crippen molar-refractivity contribution in [2.24, 2.45) is 0 Å². The number of benzene rings is 2. The minimum absolute atomic E-state index is 0.0926. The second-order valence-electron chi connectivity index (χ2n) is 5.29. The van der Waals surface area contributed by atoms with Gasteiger partial charge in [0.1, 0.15) is 0 Å². The number of carbonyl (C=O) groups excluding carboxylic acids is 2. The van der Waals surface area contributed by atoms with E-state index in [0.717, 1.165) is 0 Å². The first-order chi connectivity index (χ1) is 11.4. The summed E-state index contributed by atoms with van der Waals surface area (Å²) >= 11 is 0. The Morgan fingerprint density at radius 2 is 1.75 bits per heavy atom. The molecule has 0 saturated heterocycles. The maximum Gasteiger partial charge on any atom is 0.338 e. The van der Waals surface area contributed by atoms with Crippen LogP contribution in [-0.2, 0) is 4.74 Å². The van der Waals surface area contributed by atoms with Crippen LogP contribution in [0.3, 0.4) is 0 Å². The van der Waals surface area contributed by atoms with Gasteiger partial charge in [-0.15, -0.1) is 0 Å². The van der Waals surface area contributed by atoms with Crippen LogP contribution in [0.4, 0.5) is 11.4 Å². The van der Waals surface area contributed by atoms with Crippen molar-refractivity contribution in [3.63, 3.8) is 0 Å². The highest BCUT2D eigenvalue weighted by Gasteiger charge is 2.12. The number of ether oxygens (including phenoxy) is 1. The Balaban J connectivity index is 2.11. The number of amides is 1. The topological polar surface area (TPSA) is 98.5 Å². The molecule has 0 radical (unpaired) electrons. The first kappa shape index (κ1) is 17.1. The molecule has 0 spiro atoms. The second-order valence-corrected chi connectivity index (χ2v) is 5.29. The summed E-state index contributed by atoms with van der Waals surface area (Å²) in [5.74, 6) is -0.907. The maximum absolute atomic E-state index is 12.2. The molecular weight excluding hydrogens is 312 g/mol. The lowest BCUT2D eigenvalue weighted by Crippen LogP contribution is -2.14. The van der Waals surface area contributed by atoms with Crippen LogP contribution < -0.4 is 5.32 Å². The minimum Gasteiger partial charge on any atom is -0.459 e. The van der Waals surface area contributed by atoms with Crippen molar-refractivity contribution in [1.29, 1.82) is 0 Å². The Labute approximate surface area is 138 Å². The van der Waals surface area contributed by atoms with Gasteiger partial charge in [-0.05, 0) is 44.2 Å². The summed E-state index contributed by atoms with van der Waals surface area (Å²) in [6.45, 7) is 3.50. The maximum atomic E-state index is 12.2. The van der Waals surface area contributed by atoms with Crippen molar-refractivity contribution in [3.05, 3.63) is 69.8 Å². The highest BCUT2D eigenvalue weighted by Crippen LogP contribution is 2.16. The van der Waals surface area contributed by atoms with Crippen LogP contribution in [0.5, 0.6) is 0 Å². The number of nitro groups is 1. The summed E-state index contributed by atoms with van der Waals surface area (Å²) in [5.41, 5.74) is 0.933. The first-order valence-electron chi connectivity index (χ1n) is 7.23. The van der Waals surface area contributed by atoms with E-state index in [1.807, 2.05) is 0 Å². The molecule has 0 aliphatic carbocycles. The average Bonchev–Trinajstić information content (AvgIpc) is 2.54. The summed E-state index contributed by atoms with van der Waals surface area (Å²) in [7, 11) is 0. The van der Waals surface area contributed by atoms with Gasteiger partial charge in [-0.3, -0.25) is 14.9 Å². The van der Waals surface area contributed by atoms with Gasteiger partial charge in [0.15, 0.2) is 0 Å². The number of hydrogen-bond donors (Lipinski definition) is 1. The zero-order chi connectivity index (χ0) is 17.7. The SMILES string of the molecule is CC(C)OC(=O)c1cccc(NC(=O)c2ccc([N+](=O)[O-])cc2)c1. The number of non-ortho nitro benzene ring substituents is 1. The van der Waals surface area contributed by atoms with E-state index in [4.69, 9.17) is 4.74 Å². The molecule has 7 nitrogen and oxygen atoms in total. The zero-order valence-corrected chi connectivity index (χ0v) is 13.2. The van der Waals surface area contributed by atoms with Crippen molar-refractivity contribution < 1.29 is 19.2 Å². The van der Waals surface area contributed by atoms with E-state index in [1.54, 1.807) is 32.0 Å². The molecule has 24 heavy (non-hydrogen) atoms. The molecule has 2 aromatic carbocycles. The Morgan fingerprint density at radius 1 is 1.08 bits per heavy atom. The first-order valence-corrected chi connectivity index (χ1v) is 7.23. The third kappa shape index (κ3) is 4.39. The number of anilines is 1. The molecular formula is C17H16N2O5. The fourth-order valence-electron chi connectivity index (χ4n) is 1.94. The summed E-state index contributed by atoms with van der Waals surface area (Å²) < 4.78 is 5.10. The van der Waals surface area contributed by atoms with Crippen molar-refractivity contribution in [2.75, 3.05) is 5.32 Å². The molecule has 2 rings (SSSR count). The molecule has 1 amide bonds. The van der Waals surface area contributed by atoms with Crippen LogP contribution in [0.15, 0.2) is 48.5 Å². The predicted octanol–water partition coefficient (Wildman–Crippen LogP) is 3.41. The van der Waals surface area contributed by atoms with E-state index in [-0.39, 0.29) is 17.4 Å². The lowest BCUT2D eigenvalue weighted by atomic mass is 10.1. The molecule has 0 unspecified atom stereocenters. The van der Waals surface area contributed by atoms with Crippen LogP contribution >= 0.6 is 0 Å². The number of nitro benzene ring substituents is 1. The number of rotatable bonds is 5. The molecule has 0 bridgehead atoms. The molecule has 1 N–H and O–H groups in total. The number of carbonyl (C=O) groups is 2. The van der Waals surface area contributed by atoms with Gasteiger partial charge in [0.2, 0.25) is 0 Å². The molecule has 0 heterocycles. The van der Waals surface area contributed by atoms with Crippen molar-refractivity contribution in [3.8, 4) is 0 Å². The minimum atomic E-state index is -0.536. The second kappa shape index (κ2) is 7.36. The Bertz CT molecular complexity index is 769. The van der Waals surface area contributed by atoms with Gasteiger partial charge < -0.3 is 10.1 Å². The average molecular weight is 328 g/mol. The number of nitrogens with zero attached hydrogens (tertiary/aromatic N) is 1. The fraction of sp³-hybridized carbons (Fsp3) is 0.176. The van der Waals surface area contributed by atoms with Crippen molar-refractivity contribution in [2.45, 2.75) is 20.0 Å². The third-order valence-corrected chi connectivity index (χ3v) is 3.04. The zero-order valence-electron chi connectivity index (χ0n) is 13.2. The monoisotopic (exact) mass is 328 g/mol. The summed E-state index contributed by atoms with van der Waals surface area (Å²) in [6.07, 6.45) is -0.240. The van der Waals surface area contributed by atoms with E-state index in [9.17, 15) is 19.7 Å². The molecule has 0 aliphatic rings. The van der Waals surface area contributed by atoms with Gasteiger partial charge in [-0.2, -0.15) is 0 Å². The molecule has 124 valence electrons. The Hall–Kier alpha value is -3.22. The summed E-state index contributed by atoms with van der Waals surface area (Å²) in [6, 6.07) is 11.6. The molecule has 0 aromatic heterocycles. The van der Waals surface area contributed by atoms with Gasteiger partial charge in [0, 0.05) is 23.4 Å². The quantitative estimate of drug-likeness (QED) is 0.515. The van der Waals surface area contributed by atoms with Crippen molar-refractivity contribution in [1.82, 2.24) is 0 Å². The smallest absolute Gasteiger partial charge is 0.338 e. The van der Waals surface area contributed by atoms with E-state index in [1.165, 1.54) is 30.3 Å². The molecule has 0 saturated carbocycles. The lowest BCUT2D eigenvalue weighted by molar-refractivity contribution is -0.384. The van der Waals surface area contributed by atoms with Gasteiger partial charge in [0.25, 0.3) is 11.6 Å². The molecule has 0 atom stereocenters. The largest absolute Gasteiger partial charge is 0.459 e. The number of nitrogens with one attached hydrogen (secondary N) is 1. The predicted molar refractivity (Wildman–Crippen MR) is 88.0 cm³/mol. The standard InChI is InChI=1S/C17H16N2O5/c1-11(2)24-17(21)13-4-3-5-14(10-13)18-16(20)12-6-8-15(9-7-12)19(22)23/h3-11H,1-2H3,(H,18,20). The number of esters is 1. The van der Waals surface area contributed by atoms with Crippen LogP contribution in [0.2, 0.25) is 0 Å². The summed E-state index contributed by atoms with van der Waals surface area (Å²) in [5, 5.41) is 13.3. The van der Waals surface area contributed by atoms with Gasteiger partial charge in [0.05, 0.1) is 16.6 Å². The molecule has 2 aromatic rings. The van der Waals surface area contributed by atoms with E-state index in [2.05, 4.69) is 5.32 Å². The Morgan fingerprint density at radius 3 is 2.33 bits per heavy atom. The van der Waals surface area contributed by atoms with Gasteiger partial charge in [-0.1, -0.05) is 6.07 Å². The van der Waals surface area contributed by atoms with Crippen LogP contribution in [-0.4, -0.2) is 22.9 Å². The van der Waals surface area contributed by atoms with E-state index >= 15 is 0 Å². The van der Waals surface area contributed by atoms with E-state index < -0.39 is 16.8 Å². The van der Waals surface area contributed by atoms with Crippen LogP contribution in [0, 0.1) is 10.1 Å². The fourth-order valence-corrected chi connectivity index (χ4v) is 1.94. The number of hydrogen-bond acceptors (Lipinski definition) is 5. The van der Waals surface area contributed by atoms with Gasteiger partial charge >= 0.3 is 5.97 Å². The molecule has 7 heteroatoms. The van der Waals surface area contributed by atoms with Crippen LogP contribution in [0.1, 0.15) is 34.6 Å².